The van der Waals surface area contributed by atoms with Gasteiger partial charge in [-0.3, -0.25) is 4.99 Å². The molecule has 1 aromatic heterocycles. The standard InChI is InChI=1S/C19H28ClN7O.HI/c1-21-19(22-8-3-4-9-26-13-23-24-14-26)25-16-7-10-27(12-16)17-11-15(20)5-6-18(17)28-2;/h5-6,11,13-14,16H,3-4,7-10,12H2,1-2H3,(H2,21,22,25);1H. The Kier molecular flexibility index (Phi) is 9.79. The summed E-state index contributed by atoms with van der Waals surface area (Å²) in [6.07, 6.45) is 6.64. The van der Waals surface area contributed by atoms with Crippen molar-refractivity contribution in [3.05, 3.63) is 35.9 Å². The molecule has 2 N–H and O–H groups in total. The third-order valence-electron chi connectivity index (χ3n) is 4.84. The fourth-order valence-electron chi connectivity index (χ4n) is 3.36. The number of hydrogen-bond donors (Lipinski definition) is 2. The van der Waals surface area contributed by atoms with Crippen molar-refractivity contribution in [2.24, 2.45) is 4.99 Å². The molecule has 1 saturated heterocycles. The van der Waals surface area contributed by atoms with Gasteiger partial charge in [0.1, 0.15) is 18.4 Å². The minimum absolute atomic E-state index is 0. The lowest BCUT2D eigenvalue weighted by atomic mass is 10.2. The summed E-state index contributed by atoms with van der Waals surface area (Å²) in [7, 11) is 3.49. The summed E-state index contributed by atoms with van der Waals surface area (Å²) in [4.78, 5) is 6.65. The van der Waals surface area contributed by atoms with Crippen LogP contribution in [0.5, 0.6) is 5.75 Å². The van der Waals surface area contributed by atoms with Gasteiger partial charge in [0.25, 0.3) is 0 Å². The minimum Gasteiger partial charge on any atom is -0.495 e. The van der Waals surface area contributed by atoms with Gasteiger partial charge in [0.05, 0.1) is 12.8 Å². The van der Waals surface area contributed by atoms with Crippen LogP contribution in [0.1, 0.15) is 19.3 Å². The number of nitrogens with zero attached hydrogens (tertiary/aromatic N) is 5. The molecule has 29 heavy (non-hydrogen) atoms. The number of halogens is 2. The summed E-state index contributed by atoms with van der Waals surface area (Å²) in [5.74, 6) is 1.69. The van der Waals surface area contributed by atoms with Crippen LogP contribution >= 0.6 is 35.6 Å². The summed E-state index contributed by atoms with van der Waals surface area (Å²) < 4.78 is 7.48. The Bertz CT molecular complexity index is 772. The van der Waals surface area contributed by atoms with Crippen molar-refractivity contribution in [2.45, 2.75) is 31.8 Å². The molecule has 1 atom stereocenters. The van der Waals surface area contributed by atoms with Crippen LogP contribution < -0.4 is 20.3 Å². The summed E-state index contributed by atoms with van der Waals surface area (Å²) in [5.41, 5.74) is 1.04. The number of ether oxygens (including phenoxy) is 1. The zero-order chi connectivity index (χ0) is 19.8. The third-order valence-corrected chi connectivity index (χ3v) is 5.07. The second-order valence-corrected chi connectivity index (χ2v) is 7.23. The Morgan fingerprint density at radius 2 is 2.10 bits per heavy atom. The van der Waals surface area contributed by atoms with Crippen LogP contribution in [0.25, 0.3) is 0 Å². The second-order valence-electron chi connectivity index (χ2n) is 6.80. The highest BCUT2D eigenvalue weighted by Crippen LogP contribution is 2.33. The average Bonchev–Trinajstić information content (AvgIpc) is 3.38. The molecule has 1 aliphatic rings. The largest absolute Gasteiger partial charge is 0.495 e. The lowest BCUT2D eigenvalue weighted by Crippen LogP contribution is -2.44. The van der Waals surface area contributed by atoms with Gasteiger partial charge in [-0.1, -0.05) is 11.6 Å². The summed E-state index contributed by atoms with van der Waals surface area (Å²) >= 11 is 6.18. The number of hydrogen-bond acceptors (Lipinski definition) is 5. The third kappa shape index (κ3) is 6.91. The topological polar surface area (TPSA) is 79.6 Å². The van der Waals surface area contributed by atoms with Crippen LogP contribution in [0, 0.1) is 0 Å². The van der Waals surface area contributed by atoms with Crippen LogP contribution in [0.3, 0.4) is 0 Å². The predicted molar refractivity (Wildman–Crippen MR) is 128 cm³/mol. The first kappa shape index (κ1) is 23.5. The number of benzene rings is 1. The van der Waals surface area contributed by atoms with Crippen molar-refractivity contribution in [2.75, 3.05) is 38.7 Å². The van der Waals surface area contributed by atoms with E-state index < -0.39 is 0 Å². The molecule has 10 heteroatoms. The van der Waals surface area contributed by atoms with Gasteiger partial charge in [-0.15, -0.1) is 34.2 Å². The van der Waals surface area contributed by atoms with Crippen molar-refractivity contribution < 1.29 is 4.74 Å². The van der Waals surface area contributed by atoms with Gasteiger partial charge in [0.2, 0.25) is 0 Å². The zero-order valence-electron chi connectivity index (χ0n) is 16.8. The molecular weight excluding hydrogens is 505 g/mol. The molecular formula is C19H29ClIN7O. The molecule has 1 aliphatic heterocycles. The van der Waals surface area contributed by atoms with Crippen molar-refractivity contribution in [3.8, 4) is 5.75 Å². The van der Waals surface area contributed by atoms with E-state index in [9.17, 15) is 0 Å². The van der Waals surface area contributed by atoms with Crippen LogP contribution in [-0.2, 0) is 6.54 Å². The molecule has 0 aliphatic carbocycles. The van der Waals surface area contributed by atoms with Crippen molar-refractivity contribution in [1.82, 2.24) is 25.4 Å². The smallest absolute Gasteiger partial charge is 0.191 e. The molecule has 160 valence electrons. The number of guanidine groups is 1. The summed E-state index contributed by atoms with van der Waals surface area (Å²) in [6, 6.07) is 6.06. The van der Waals surface area contributed by atoms with E-state index in [2.05, 4.69) is 30.7 Å². The molecule has 8 nitrogen and oxygen atoms in total. The number of aromatic nitrogens is 3. The van der Waals surface area contributed by atoms with Crippen LogP contribution in [0.4, 0.5) is 5.69 Å². The van der Waals surface area contributed by atoms with E-state index in [0.29, 0.717) is 6.04 Å². The number of aliphatic imine (C=N–C) groups is 1. The number of aryl methyl sites for hydroxylation is 1. The predicted octanol–water partition coefficient (Wildman–Crippen LogP) is 2.78. The highest BCUT2D eigenvalue weighted by Gasteiger charge is 2.25. The first-order valence-corrected chi connectivity index (χ1v) is 9.95. The maximum atomic E-state index is 6.18. The Morgan fingerprint density at radius 1 is 1.31 bits per heavy atom. The van der Waals surface area contributed by atoms with E-state index in [0.717, 1.165) is 67.9 Å². The minimum atomic E-state index is 0. The van der Waals surface area contributed by atoms with Crippen LogP contribution in [0.15, 0.2) is 35.8 Å². The summed E-state index contributed by atoms with van der Waals surface area (Å²) in [6.45, 7) is 3.63. The van der Waals surface area contributed by atoms with E-state index >= 15 is 0 Å². The molecule has 0 saturated carbocycles. The molecule has 1 aromatic carbocycles. The van der Waals surface area contributed by atoms with Gasteiger partial charge in [-0.2, -0.15) is 0 Å². The van der Waals surface area contributed by atoms with Gasteiger partial charge >= 0.3 is 0 Å². The second kappa shape index (κ2) is 12.1. The average molecular weight is 534 g/mol. The fourth-order valence-corrected chi connectivity index (χ4v) is 3.53. The molecule has 2 aromatic rings. The maximum absolute atomic E-state index is 6.18. The highest BCUT2D eigenvalue weighted by atomic mass is 127. The quantitative estimate of drug-likeness (QED) is 0.235. The van der Waals surface area contributed by atoms with E-state index in [-0.39, 0.29) is 24.0 Å². The van der Waals surface area contributed by atoms with Crippen LogP contribution in [0.2, 0.25) is 5.02 Å². The number of rotatable bonds is 8. The van der Waals surface area contributed by atoms with Gasteiger partial charge in [0, 0.05) is 44.3 Å². The van der Waals surface area contributed by atoms with Crippen molar-refractivity contribution >= 4 is 47.2 Å². The molecule has 1 fully saturated rings. The normalized spacial score (nSPS) is 16.4. The molecule has 1 unspecified atom stereocenters. The maximum Gasteiger partial charge on any atom is 0.191 e. The van der Waals surface area contributed by atoms with Gasteiger partial charge in [-0.25, -0.2) is 0 Å². The number of anilines is 1. The van der Waals surface area contributed by atoms with E-state index in [4.69, 9.17) is 16.3 Å². The molecule has 0 amide bonds. The SMILES string of the molecule is CN=C(NCCCCn1cnnc1)NC1CCN(c2cc(Cl)ccc2OC)C1.I. The Labute approximate surface area is 194 Å². The molecule has 0 spiro atoms. The number of unbranched alkanes of at least 4 members (excludes halogenated alkanes) is 1. The first-order chi connectivity index (χ1) is 13.7. The Morgan fingerprint density at radius 3 is 2.83 bits per heavy atom. The molecule has 0 bridgehead atoms. The Hall–Kier alpha value is -1.75. The van der Waals surface area contributed by atoms with Gasteiger partial charge in [0.15, 0.2) is 5.96 Å². The van der Waals surface area contributed by atoms with Crippen molar-refractivity contribution in [1.29, 1.82) is 0 Å². The lowest BCUT2D eigenvalue weighted by Gasteiger charge is -2.22. The first-order valence-electron chi connectivity index (χ1n) is 9.57. The van der Waals surface area contributed by atoms with Gasteiger partial charge in [-0.05, 0) is 37.5 Å². The van der Waals surface area contributed by atoms with E-state index in [1.54, 1.807) is 26.8 Å². The fraction of sp³-hybridized carbons (Fsp3) is 0.526. The molecule has 0 radical (unpaired) electrons. The summed E-state index contributed by atoms with van der Waals surface area (Å²) in [5, 5.41) is 15.3. The highest BCUT2D eigenvalue weighted by molar-refractivity contribution is 14.0. The Balaban J connectivity index is 0.00000300. The van der Waals surface area contributed by atoms with E-state index in [1.165, 1.54) is 0 Å². The molecule has 2 heterocycles. The van der Waals surface area contributed by atoms with E-state index in [1.807, 2.05) is 22.8 Å². The zero-order valence-corrected chi connectivity index (χ0v) is 19.9. The van der Waals surface area contributed by atoms with Gasteiger partial charge < -0.3 is 24.8 Å². The monoisotopic (exact) mass is 533 g/mol. The number of methoxy groups -OCH3 is 1. The van der Waals surface area contributed by atoms with Crippen LogP contribution in [-0.4, -0.2) is 60.6 Å². The number of nitrogens with one attached hydrogen (secondary N) is 2. The molecule has 3 rings (SSSR count). The van der Waals surface area contributed by atoms with Crippen molar-refractivity contribution in [3.63, 3.8) is 0 Å². The lowest BCUT2D eigenvalue weighted by molar-refractivity contribution is 0.415.